The van der Waals surface area contributed by atoms with Gasteiger partial charge in [-0.15, -0.1) is 0 Å². The largest absolute Gasteiger partial charge is 0.356 e. The van der Waals surface area contributed by atoms with E-state index in [9.17, 15) is 19.6 Å². The Balaban J connectivity index is 1.44. The highest BCUT2D eigenvalue weighted by Crippen LogP contribution is 2.23. The minimum absolute atomic E-state index is 0.0732. The molecule has 2 aliphatic heterocycles. The number of nitriles is 1. The van der Waals surface area contributed by atoms with Crippen molar-refractivity contribution in [3.05, 3.63) is 36.0 Å². The highest BCUT2D eigenvalue weighted by molar-refractivity contribution is 6.00. The zero-order valence-corrected chi connectivity index (χ0v) is 16.0. The summed E-state index contributed by atoms with van der Waals surface area (Å²) in [5.74, 6) is -0.886. The van der Waals surface area contributed by atoms with E-state index in [4.69, 9.17) is 0 Å². The highest BCUT2D eigenvalue weighted by atomic mass is 16.2. The average Bonchev–Trinajstić information content (AvgIpc) is 3.46. The summed E-state index contributed by atoms with van der Waals surface area (Å²) in [6.45, 7) is 1.10. The topological polar surface area (TPSA) is 118 Å². The molecule has 0 saturated carbocycles. The van der Waals surface area contributed by atoms with E-state index >= 15 is 0 Å². The highest BCUT2D eigenvalue weighted by Gasteiger charge is 2.36. The van der Waals surface area contributed by atoms with Crippen LogP contribution in [0.15, 0.2) is 30.3 Å². The predicted octanol–water partition coefficient (Wildman–Crippen LogP) is 1.31. The second-order valence-corrected chi connectivity index (χ2v) is 7.63. The van der Waals surface area contributed by atoms with Crippen LogP contribution in [0.4, 0.5) is 0 Å². The van der Waals surface area contributed by atoms with Gasteiger partial charge in [0.25, 0.3) is 5.91 Å². The number of nitrogens with one attached hydrogen (secondary N) is 3. The van der Waals surface area contributed by atoms with Crippen molar-refractivity contribution in [2.45, 2.75) is 37.8 Å². The fraction of sp³-hybridized carbons (Fsp3) is 0.429. The number of fused-ring (bicyclic) bond motifs is 1. The smallest absolute Gasteiger partial charge is 0.270 e. The van der Waals surface area contributed by atoms with Crippen LogP contribution in [-0.4, -0.2) is 52.8 Å². The maximum Gasteiger partial charge on any atom is 0.270 e. The molecule has 29 heavy (non-hydrogen) atoms. The molecule has 8 nitrogen and oxygen atoms in total. The van der Waals surface area contributed by atoms with Crippen molar-refractivity contribution in [2.24, 2.45) is 5.92 Å². The third-order valence-electron chi connectivity index (χ3n) is 5.73. The van der Waals surface area contributed by atoms with Crippen LogP contribution >= 0.6 is 0 Å². The van der Waals surface area contributed by atoms with Crippen molar-refractivity contribution in [3.8, 4) is 6.07 Å². The molecular formula is C21H23N5O3. The van der Waals surface area contributed by atoms with Crippen LogP contribution in [-0.2, 0) is 9.59 Å². The van der Waals surface area contributed by atoms with Gasteiger partial charge in [-0.05, 0) is 37.8 Å². The first-order valence-electron chi connectivity index (χ1n) is 9.93. The van der Waals surface area contributed by atoms with E-state index in [0.717, 1.165) is 17.3 Å². The number of nitrogens with zero attached hydrogens (tertiary/aromatic N) is 2. The molecule has 150 valence electrons. The maximum absolute atomic E-state index is 13.0. The number of rotatable bonds is 5. The zero-order chi connectivity index (χ0) is 20.4. The van der Waals surface area contributed by atoms with Gasteiger partial charge in [-0.25, -0.2) is 0 Å². The summed E-state index contributed by atoms with van der Waals surface area (Å²) in [6, 6.07) is 10.1. The van der Waals surface area contributed by atoms with Crippen LogP contribution in [0, 0.1) is 17.2 Å². The summed E-state index contributed by atoms with van der Waals surface area (Å²) >= 11 is 0. The van der Waals surface area contributed by atoms with Gasteiger partial charge in [0.2, 0.25) is 11.8 Å². The van der Waals surface area contributed by atoms with Crippen molar-refractivity contribution in [1.82, 2.24) is 20.5 Å². The standard InChI is InChI=1S/C21H23N5O3/c22-12-15(10-14-7-8-23-19(14)27)24-20(28)18-6-3-9-26(18)21(29)17-11-13-4-1-2-5-16(13)25-17/h1-2,4-5,11,14-15,18,25H,3,6-10H2,(H,23,27)(H,24,28). The minimum Gasteiger partial charge on any atom is -0.356 e. The lowest BCUT2D eigenvalue weighted by Gasteiger charge is -2.25. The van der Waals surface area contributed by atoms with Crippen LogP contribution in [0.2, 0.25) is 0 Å². The molecule has 3 atom stereocenters. The lowest BCUT2D eigenvalue weighted by molar-refractivity contribution is -0.126. The molecule has 1 aromatic heterocycles. The average molecular weight is 393 g/mol. The van der Waals surface area contributed by atoms with E-state index in [1.165, 1.54) is 0 Å². The number of carbonyl (C=O) groups is 3. The van der Waals surface area contributed by atoms with Gasteiger partial charge in [0.05, 0.1) is 6.07 Å². The molecule has 1 aromatic carbocycles. The summed E-state index contributed by atoms with van der Waals surface area (Å²) in [5, 5.41) is 15.8. The Morgan fingerprint density at radius 1 is 1.31 bits per heavy atom. The van der Waals surface area contributed by atoms with Gasteiger partial charge in [-0.2, -0.15) is 5.26 Å². The molecule has 3 unspecified atom stereocenters. The van der Waals surface area contributed by atoms with Gasteiger partial charge in [-0.3, -0.25) is 14.4 Å². The van der Waals surface area contributed by atoms with Crippen LogP contribution in [0.3, 0.4) is 0 Å². The lowest BCUT2D eigenvalue weighted by atomic mass is 9.99. The molecular weight excluding hydrogens is 370 g/mol. The van der Waals surface area contributed by atoms with Gasteiger partial charge in [0, 0.05) is 29.9 Å². The quantitative estimate of drug-likeness (QED) is 0.710. The summed E-state index contributed by atoms with van der Waals surface area (Å²) in [7, 11) is 0. The number of para-hydroxylation sites is 1. The molecule has 2 aromatic rings. The first-order chi connectivity index (χ1) is 14.1. The molecule has 2 fully saturated rings. The molecule has 3 N–H and O–H groups in total. The Morgan fingerprint density at radius 2 is 2.14 bits per heavy atom. The van der Waals surface area contributed by atoms with E-state index in [1.54, 1.807) is 11.0 Å². The van der Waals surface area contributed by atoms with E-state index in [1.807, 2.05) is 24.3 Å². The van der Waals surface area contributed by atoms with Crippen molar-refractivity contribution in [3.63, 3.8) is 0 Å². The fourth-order valence-corrected chi connectivity index (χ4v) is 4.19. The van der Waals surface area contributed by atoms with Gasteiger partial charge >= 0.3 is 0 Å². The third kappa shape index (κ3) is 3.81. The van der Waals surface area contributed by atoms with Gasteiger partial charge in [0.1, 0.15) is 17.8 Å². The number of aromatic nitrogens is 1. The summed E-state index contributed by atoms with van der Waals surface area (Å²) < 4.78 is 0. The Kier molecular flexibility index (Phi) is 5.21. The van der Waals surface area contributed by atoms with E-state index in [0.29, 0.717) is 31.6 Å². The number of amides is 3. The molecule has 2 saturated heterocycles. The van der Waals surface area contributed by atoms with Crippen LogP contribution < -0.4 is 10.6 Å². The van der Waals surface area contributed by atoms with Crippen LogP contribution in [0.25, 0.3) is 10.9 Å². The number of hydrogen-bond acceptors (Lipinski definition) is 4. The van der Waals surface area contributed by atoms with E-state index in [2.05, 4.69) is 21.7 Å². The molecule has 0 aliphatic carbocycles. The normalized spacial score (nSPS) is 22.3. The van der Waals surface area contributed by atoms with Crippen LogP contribution in [0.1, 0.15) is 36.2 Å². The van der Waals surface area contributed by atoms with Gasteiger partial charge < -0.3 is 20.5 Å². The number of likely N-dealkylation sites (tertiary alicyclic amines) is 1. The Bertz CT molecular complexity index is 959. The second kappa shape index (κ2) is 7.95. The number of aromatic amines is 1. The summed E-state index contributed by atoms with van der Waals surface area (Å²) in [6.07, 6.45) is 2.24. The van der Waals surface area contributed by atoms with Gasteiger partial charge in [-0.1, -0.05) is 18.2 Å². The SMILES string of the molecule is N#CC(CC1CCNC1=O)NC(=O)C1CCCN1C(=O)c1cc2ccccc2[nH]1. The van der Waals surface area contributed by atoms with Crippen molar-refractivity contribution >= 4 is 28.6 Å². The number of carbonyl (C=O) groups excluding carboxylic acids is 3. The number of H-pyrrole nitrogens is 1. The van der Waals surface area contributed by atoms with Crippen LogP contribution in [0.5, 0.6) is 0 Å². The minimum atomic E-state index is -0.748. The lowest BCUT2D eigenvalue weighted by Crippen LogP contribution is -2.49. The van der Waals surface area contributed by atoms with Crippen molar-refractivity contribution < 1.29 is 14.4 Å². The fourth-order valence-electron chi connectivity index (χ4n) is 4.19. The molecule has 0 radical (unpaired) electrons. The summed E-state index contributed by atoms with van der Waals surface area (Å²) in [4.78, 5) is 42.3. The molecule has 8 heteroatoms. The monoisotopic (exact) mass is 393 g/mol. The molecule has 0 spiro atoms. The molecule has 4 rings (SSSR count). The Morgan fingerprint density at radius 3 is 2.86 bits per heavy atom. The Hall–Kier alpha value is -3.34. The van der Waals surface area contributed by atoms with Gasteiger partial charge in [0.15, 0.2) is 0 Å². The summed E-state index contributed by atoms with van der Waals surface area (Å²) in [5.41, 5.74) is 1.32. The van der Waals surface area contributed by atoms with Crippen molar-refractivity contribution in [2.75, 3.05) is 13.1 Å². The molecule has 3 amide bonds. The number of hydrogen-bond donors (Lipinski definition) is 3. The second-order valence-electron chi connectivity index (χ2n) is 7.63. The maximum atomic E-state index is 13.0. The first kappa shape index (κ1) is 19.0. The van der Waals surface area contributed by atoms with E-state index in [-0.39, 0.29) is 30.1 Å². The predicted molar refractivity (Wildman–Crippen MR) is 106 cm³/mol. The third-order valence-corrected chi connectivity index (χ3v) is 5.73. The first-order valence-corrected chi connectivity index (χ1v) is 9.93. The number of benzene rings is 1. The molecule has 0 bridgehead atoms. The zero-order valence-electron chi connectivity index (χ0n) is 16.0. The Labute approximate surface area is 168 Å². The molecule has 2 aliphatic rings. The van der Waals surface area contributed by atoms with E-state index < -0.39 is 12.1 Å². The molecule has 3 heterocycles. The van der Waals surface area contributed by atoms with Crippen molar-refractivity contribution in [1.29, 1.82) is 5.26 Å².